The molecular formula is C18H20F2N6O4S. The molecule has 0 spiro atoms. The first-order valence-electron chi connectivity index (χ1n) is 9.25. The van der Waals surface area contributed by atoms with Crippen molar-refractivity contribution < 1.29 is 28.2 Å². The van der Waals surface area contributed by atoms with Gasteiger partial charge in [-0.15, -0.1) is 5.10 Å². The molecule has 2 heterocycles. The molecule has 13 heteroatoms. The number of ether oxygens (including phenoxy) is 1. The summed E-state index contributed by atoms with van der Waals surface area (Å²) in [6, 6.07) is 2.29. The quantitative estimate of drug-likeness (QED) is 0.481. The van der Waals surface area contributed by atoms with Crippen LogP contribution in [0.1, 0.15) is 12.1 Å². The number of carboxylic acid groups (broad SMARTS) is 1. The molecule has 1 aromatic carbocycles. The molecule has 31 heavy (non-hydrogen) atoms. The van der Waals surface area contributed by atoms with Crippen molar-refractivity contribution in [2.24, 2.45) is 0 Å². The maximum Gasteiger partial charge on any atom is 0.312 e. The molecule has 0 atom stereocenters. The largest absolute Gasteiger partial charge is 0.481 e. The highest BCUT2D eigenvalue weighted by atomic mass is 32.1. The average molecular weight is 454 g/mol. The van der Waals surface area contributed by atoms with Gasteiger partial charge in [0.2, 0.25) is 5.91 Å². The highest BCUT2D eigenvalue weighted by Gasteiger charge is 2.26. The van der Waals surface area contributed by atoms with Crippen LogP contribution >= 0.6 is 12.2 Å². The minimum atomic E-state index is -1.21. The third-order valence-electron chi connectivity index (χ3n) is 4.66. The average Bonchev–Trinajstić information content (AvgIpc) is 3.20. The Hall–Kier alpha value is -3.35. The first kappa shape index (κ1) is 22.3. The third-order valence-corrected chi connectivity index (χ3v) is 4.97. The number of nitrogens with one attached hydrogen (secondary N) is 1. The second-order valence-electron chi connectivity index (χ2n) is 6.70. The molecule has 1 aromatic heterocycles. The van der Waals surface area contributed by atoms with Crippen molar-refractivity contribution >= 4 is 35.0 Å². The lowest BCUT2D eigenvalue weighted by Crippen LogP contribution is -2.49. The fourth-order valence-corrected chi connectivity index (χ4v) is 3.22. The number of amides is 1. The number of carbonyl (C=O) groups excluding carboxylic acids is 1. The Morgan fingerprint density at radius 2 is 1.87 bits per heavy atom. The van der Waals surface area contributed by atoms with Gasteiger partial charge < -0.3 is 25.0 Å². The van der Waals surface area contributed by atoms with Crippen molar-refractivity contribution in [1.29, 1.82) is 0 Å². The molecule has 0 unspecified atom stereocenters. The third kappa shape index (κ3) is 5.42. The highest BCUT2D eigenvalue weighted by Crippen LogP contribution is 2.27. The molecule has 1 amide bonds. The summed E-state index contributed by atoms with van der Waals surface area (Å²) in [4.78, 5) is 25.4. The fourth-order valence-electron chi connectivity index (χ4n) is 3.15. The number of methoxy groups -OCH3 is 1. The van der Waals surface area contributed by atoms with E-state index in [1.54, 1.807) is 0 Å². The zero-order chi connectivity index (χ0) is 22.5. The molecule has 0 saturated carbocycles. The van der Waals surface area contributed by atoms with Crippen molar-refractivity contribution in [2.75, 3.05) is 38.2 Å². The number of anilines is 1. The molecule has 2 N–H and O–H groups in total. The van der Waals surface area contributed by atoms with Crippen LogP contribution in [0.5, 0.6) is 0 Å². The molecule has 3 rings (SSSR count). The first-order chi connectivity index (χ1) is 14.8. The molecular weight excluding hydrogens is 434 g/mol. The number of hydrogen-bond acceptors (Lipinski definition) is 7. The predicted molar refractivity (Wildman–Crippen MR) is 109 cm³/mol. The maximum atomic E-state index is 14.8. The fraction of sp³-hybridized carbons (Fsp3) is 0.389. The van der Waals surface area contributed by atoms with E-state index in [4.69, 9.17) is 22.1 Å². The van der Waals surface area contributed by atoms with Gasteiger partial charge in [0.1, 0.15) is 17.8 Å². The lowest BCUT2D eigenvalue weighted by molar-refractivity contribution is -0.144. The van der Waals surface area contributed by atoms with Crippen molar-refractivity contribution in [1.82, 2.24) is 25.2 Å². The van der Waals surface area contributed by atoms with E-state index < -0.39 is 29.9 Å². The molecule has 1 saturated heterocycles. The summed E-state index contributed by atoms with van der Waals surface area (Å²) in [5, 5.41) is 19.5. The minimum Gasteiger partial charge on any atom is -0.481 e. The van der Waals surface area contributed by atoms with Crippen molar-refractivity contribution in [3.05, 3.63) is 35.7 Å². The predicted octanol–water partition coefficient (Wildman–Crippen LogP) is 0.690. The van der Waals surface area contributed by atoms with Gasteiger partial charge in [0.25, 0.3) is 5.17 Å². The summed E-state index contributed by atoms with van der Waals surface area (Å²) in [7, 11) is 1.42. The number of piperazine rings is 1. The number of thiocarbonyl (C=S) groups is 1. The van der Waals surface area contributed by atoms with E-state index in [1.165, 1.54) is 27.8 Å². The van der Waals surface area contributed by atoms with Crippen LogP contribution in [0.25, 0.3) is 5.69 Å². The summed E-state index contributed by atoms with van der Waals surface area (Å²) < 4.78 is 35.6. The van der Waals surface area contributed by atoms with Crippen LogP contribution in [0.15, 0.2) is 18.3 Å². The molecule has 1 aliphatic heterocycles. The molecule has 1 fully saturated rings. The Balaban J connectivity index is 1.69. The van der Waals surface area contributed by atoms with E-state index in [-0.39, 0.29) is 49.3 Å². The van der Waals surface area contributed by atoms with E-state index in [9.17, 15) is 18.4 Å². The number of benzene rings is 1. The van der Waals surface area contributed by atoms with Crippen LogP contribution in [-0.4, -0.2) is 75.3 Å². The lowest BCUT2D eigenvalue weighted by Gasteiger charge is -2.36. The second-order valence-corrected chi connectivity index (χ2v) is 7.07. The Morgan fingerprint density at radius 3 is 2.45 bits per heavy atom. The van der Waals surface area contributed by atoms with Gasteiger partial charge in [-0.25, -0.2) is 13.5 Å². The standard InChI is InChI=1S/C18H20F2N6O4S/c1-30-18(31)21-9-11-10-26(23-22-11)12-6-13(19)17(14(20)7-12)25-4-2-24(3-5-25)15(27)8-16(28)29/h6-7,10H,2-5,8-9H2,1H3,(H,21,31)(H,28,29). The summed E-state index contributed by atoms with van der Waals surface area (Å²) >= 11 is 4.87. The van der Waals surface area contributed by atoms with E-state index in [0.29, 0.717) is 5.69 Å². The van der Waals surface area contributed by atoms with Gasteiger partial charge in [-0.2, -0.15) is 0 Å². The zero-order valence-electron chi connectivity index (χ0n) is 16.5. The SMILES string of the molecule is COC(=S)NCc1cn(-c2cc(F)c(N3CCN(C(=O)CC(=O)O)CC3)c(F)c2)nn1. The van der Waals surface area contributed by atoms with Gasteiger partial charge in [0, 0.05) is 38.3 Å². The van der Waals surface area contributed by atoms with Crippen LogP contribution in [0.2, 0.25) is 0 Å². The Kier molecular flexibility index (Phi) is 6.95. The van der Waals surface area contributed by atoms with Crippen LogP contribution in [0, 0.1) is 11.6 Å². The normalized spacial score (nSPS) is 13.8. The van der Waals surface area contributed by atoms with Gasteiger partial charge in [-0.3, -0.25) is 9.59 Å². The van der Waals surface area contributed by atoms with Crippen LogP contribution in [0.4, 0.5) is 14.5 Å². The molecule has 0 bridgehead atoms. The Bertz CT molecular complexity index is 970. The Labute approximate surface area is 181 Å². The number of halogens is 2. The van der Waals surface area contributed by atoms with Crippen LogP contribution in [-0.2, 0) is 20.9 Å². The molecule has 0 aliphatic carbocycles. The Morgan fingerprint density at radius 1 is 1.23 bits per heavy atom. The van der Waals surface area contributed by atoms with Crippen molar-refractivity contribution in [2.45, 2.75) is 13.0 Å². The van der Waals surface area contributed by atoms with E-state index in [2.05, 4.69) is 15.6 Å². The summed E-state index contributed by atoms with van der Waals surface area (Å²) in [5.41, 5.74) is 0.440. The summed E-state index contributed by atoms with van der Waals surface area (Å²) in [6.07, 6.45) is 0.899. The number of aromatic nitrogens is 3. The molecule has 0 radical (unpaired) electrons. The highest BCUT2D eigenvalue weighted by molar-refractivity contribution is 7.80. The van der Waals surface area contributed by atoms with Crippen LogP contribution in [0.3, 0.4) is 0 Å². The maximum absolute atomic E-state index is 14.8. The molecule has 166 valence electrons. The number of hydrogen-bond donors (Lipinski definition) is 2. The summed E-state index contributed by atoms with van der Waals surface area (Å²) in [5.74, 6) is -3.30. The van der Waals surface area contributed by atoms with Crippen LogP contribution < -0.4 is 10.2 Å². The first-order valence-corrected chi connectivity index (χ1v) is 9.66. The van der Waals surface area contributed by atoms with E-state index in [0.717, 1.165) is 12.1 Å². The lowest BCUT2D eigenvalue weighted by atomic mass is 10.2. The van der Waals surface area contributed by atoms with E-state index >= 15 is 0 Å². The molecule has 10 nitrogen and oxygen atoms in total. The van der Waals surface area contributed by atoms with Gasteiger partial charge in [0.15, 0.2) is 11.6 Å². The smallest absolute Gasteiger partial charge is 0.312 e. The minimum absolute atomic E-state index is 0.155. The monoisotopic (exact) mass is 454 g/mol. The van der Waals surface area contributed by atoms with Crippen molar-refractivity contribution in [3.8, 4) is 5.69 Å². The van der Waals surface area contributed by atoms with Gasteiger partial charge >= 0.3 is 5.97 Å². The molecule has 1 aliphatic rings. The number of aliphatic carboxylic acids is 1. The second kappa shape index (κ2) is 9.64. The van der Waals surface area contributed by atoms with Gasteiger partial charge in [-0.05, 0) is 12.2 Å². The van der Waals surface area contributed by atoms with Gasteiger partial charge in [0.05, 0.1) is 25.5 Å². The number of nitrogens with zero attached hydrogens (tertiary/aromatic N) is 5. The van der Waals surface area contributed by atoms with Gasteiger partial charge in [-0.1, -0.05) is 5.21 Å². The number of carboxylic acids is 1. The van der Waals surface area contributed by atoms with Crippen molar-refractivity contribution in [3.63, 3.8) is 0 Å². The molecule has 2 aromatic rings. The topological polar surface area (TPSA) is 113 Å². The summed E-state index contributed by atoms with van der Waals surface area (Å²) in [6.45, 7) is 0.944. The zero-order valence-corrected chi connectivity index (χ0v) is 17.4. The number of rotatable bonds is 6. The van der Waals surface area contributed by atoms with E-state index in [1.807, 2.05) is 0 Å². The number of carbonyl (C=O) groups is 2.